The number of piperidine rings is 1. The molecule has 2 heterocycles. The maximum Gasteiger partial charge on any atom is 0.265 e. The Labute approximate surface area is 197 Å². The van der Waals surface area contributed by atoms with Gasteiger partial charge in [0.1, 0.15) is 5.82 Å². The molecule has 1 fully saturated rings. The second kappa shape index (κ2) is 9.12. The largest absolute Gasteiger partial charge is 0.284 e. The van der Waals surface area contributed by atoms with E-state index in [9.17, 15) is 9.18 Å². The summed E-state index contributed by atoms with van der Waals surface area (Å²) in [5, 5.41) is 2.07. The van der Waals surface area contributed by atoms with Gasteiger partial charge in [-0.25, -0.2) is 14.4 Å². The summed E-state index contributed by atoms with van der Waals surface area (Å²) in [4.78, 5) is 20.1. The van der Waals surface area contributed by atoms with E-state index in [0.717, 1.165) is 28.2 Å². The quantitative estimate of drug-likeness (QED) is 0.387. The van der Waals surface area contributed by atoms with E-state index < -0.39 is 0 Å². The van der Waals surface area contributed by atoms with Crippen LogP contribution in [0.4, 0.5) is 10.1 Å². The van der Waals surface area contributed by atoms with Crippen LogP contribution in [0.25, 0.3) is 0 Å². The second-order valence-corrected chi connectivity index (χ2v) is 9.81. The molecule has 1 amide bonds. The molecule has 0 radical (unpaired) electrons. The van der Waals surface area contributed by atoms with Crippen molar-refractivity contribution in [3.8, 4) is 0 Å². The summed E-state index contributed by atoms with van der Waals surface area (Å²) < 4.78 is 14.0. The molecule has 2 atom stereocenters. The van der Waals surface area contributed by atoms with Gasteiger partial charge >= 0.3 is 0 Å². The van der Waals surface area contributed by atoms with Crippen LogP contribution >= 0.6 is 11.8 Å². The van der Waals surface area contributed by atoms with Crippen LogP contribution in [0, 0.1) is 5.82 Å². The summed E-state index contributed by atoms with van der Waals surface area (Å²) in [6.07, 6.45) is 3.33. The van der Waals surface area contributed by atoms with Gasteiger partial charge in [0.05, 0.1) is 11.4 Å². The average Bonchev–Trinajstić information content (AvgIpc) is 2.97. The molecule has 3 aromatic rings. The number of fused-ring (bicyclic) bond motifs is 2. The lowest BCUT2D eigenvalue weighted by Gasteiger charge is -2.38. The van der Waals surface area contributed by atoms with E-state index in [1.807, 2.05) is 48.5 Å². The van der Waals surface area contributed by atoms with Crippen molar-refractivity contribution in [2.24, 2.45) is 4.99 Å². The first kappa shape index (κ1) is 21.9. The van der Waals surface area contributed by atoms with E-state index in [-0.39, 0.29) is 11.7 Å². The molecule has 0 spiro atoms. The maximum atomic E-state index is 14.0. The fourth-order valence-electron chi connectivity index (χ4n) is 4.56. The normalized spacial score (nSPS) is 20.3. The fraction of sp³-hybridized carbons (Fsp3) is 0.259. The zero-order valence-electron chi connectivity index (χ0n) is 18.7. The van der Waals surface area contributed by atoms with Crippen molar-refractivity contribution in [1.82, 2.24) is 10.4 Å². The van der Waals surface area contributed by atoms with E-state index >= 15 is 0 Å². The molecule has 2 aliphatic rings. The summed E-state index contributed by atoms with van der Waals surface area (Å²) in [7, 11) is 0. The van der Waals surface area contributed by atoms with Gasteiger partial charge in [-0.15, -0.1) is 0 Å². The van der Waals surface area contributed by atoms with Crippen LogP contribution < -0.4 is 5.43 Å². The van der Waals surface area contributed by atoms with Crippen LogP contribution in [-0.4, -0.2) is 28.7 Å². The number of rotatable bonds is 3. The average molecular weight is 460 g/mol. The molecule has 33 heavy (non-hydrogen) atoms. The van der Waals surface area contributed by atoms with Crippen molar-refractivity contribution in [2.75, 3.05) is 0 Å². The second-order valence-electron chi connectivity index (χ2n) is 8.73. The van der Waals surface area contributed by atoms with E-state index in [1.165, 1.54) is 18.6 Å². The molecule has 168 valence electrons. The number of carbonyl (C=O) groups excluding carboxylic acids is 1. The van der Waals surface area contributed by atoms with Gasteiger partial charge in [-0.1, -0.05) is 48.5 Å². The van der Waals surface area contributed by atoms with Crippen molar-refractivity contribution >= 4 is 29.1 Å². The molecule has 0 saturated carbocycles. The Kier molecular flexibility index (Phi) is 6.04. The van der Waals surface area contributed by atoms with Crippen LogP contribution in [0.2, 0.25) is 0 Å². The molecule has 1 saturated heterocycles. The van der Waals surface area contributed by atoms with Crippen molar-refractivity contribution in [3.63, 3.8) is 0 Å². The highest BCUT2D eigenvalue weighted by Gasteiger charge is 2.27. The zero-order chi connectivity index (χ0) is 22.9. The minimum atomic E-state index is -0.303. The SMILES string of the molecule is C[C@@H]1CCC[C@H](C)N1NC(=O)c1ccc2c(c1)N=C(c1cccc(F)c1)c1ccccc1S2. The van der Waals surface area contributed by atoms with Gasteiger partial charge < -0.3 is 0 Å². The van der Waals surface area contributed by atoms with Gasteiger partial charge in [-0.3, -0.25) is 10.2 Å². The number of nitrogens with one attached hydrogen (secondary N) is 1. The van der Waals surface area contributed by atoms with Gasteiger partial charge in [0, 0.05) is 38.6 Å². The smallest absolute Gasteiger partial charge is 0.265 e. The minimum absolute atomic E-state index is 0.132. The Balaban J connectivity index is 1.53. The summed E-state index contributed by atoms with van der Waals surface area (Å²) >= 11 is 1.61. The van der Waals surface area contributed by atoms with Gasteiger partial charge in [-0.05, 0) is 63.1 Å². The number of aliphatic imine (C=N–C) groups is 1. The molecule has 3 aromatic carbocycles. The van der Waals surface area contributed by atoms with Crippen LogP contribution in [-0.2, 0) is 0 Å². The third-order valence-electron chi connectivity index (χ3n) is 6.34. The third kappa shape index (κ3) is 4.45. The van der Waals surface area contributed by atoms with Crippen molar-refractivity contribution in [3.05, 3.63) is 89.2 Å². The Morgan fingerprint density at radius 1 is 1.00 bits per heavy atom. The van der Waals surface area contributed by atoms with Crippen LogP contribution in [0.15, 0.2) is 81.5 Å². The highest BCUT2D eigenvalue weighted by molar-refractivity contribution is 7.99. The molecular weight excluding hydrogens is 433 g/mol. The molecule has 6 heteroatoms. The van der Waals surface area contributed by atoms with Gasteiger partial charge in [0.25, 0.3) is 5.91 Å². The summed E-state index contributed by atoms with van der Waals surface area (Å²) in [6, 6.07) is 20.7. The molecule has 5 rings (SSSR count). The van der Waals surface area contributed by atoms with Gasteiger partial charge in [0.15, 0.2) is 0 Å². The molecule has 0 aromatic heterocycles. The Morgan fingerprint density at radius 3 is 2.58 bits per heavy atom. The highest BCUT2D eigenvalue weighted by Crippen LogP contribution is 2.41. The predicted octanol–water partition coefficient (Wildman–Crippen LogP) is 6.37. The Bertz CT molecular complexity index is 1230. The van der Waals surface area contributed by atoms with E-state index in [4.69, 9.17) is 4.99 Å². The first-order valence-corrected chi connectivity index (χ1v) is 12.2. The number of hydrazine groups is 1. The van der Waals surface area contributed by atoms with Gasteiger partial charge in [-0.2, -0.15) is 0 Å². The number of carbonyl (C=O) groups is 1. The summed E-state index contributed by atoms with van der Waals surface area (Å²) in [5.74, 6) is -0.435. The van der Waals surface area contributed by atoms with Crippen LogP contribution in [0.3, 0.4) is 0 Å². The maximum absolute atomic E-state index is 14.0. The topological polar surface area (TPSA) is 44.7 Å². The van der Waals surface area contributed by atoms with Crippen LogP contribution in [0.1, 0.15) is 54.6 Å². The van der Waals surface area contributed by atoms with Gasteiger partial charge in [0.2, 0.25) is 0 Å². The van der Waals surface area contributed by atoms with E-state index in [1.54, 1.807) is 17.8 Å². The molecule has 4 nitrogen and oxygen atoms in total. The predicted molar refractivity (Wildman–Crippen MR) is 131 cm³/mol. The lowest BCUT2D eigenvalue weighted by molar-refractivity contribution is 0.0370. The number of benzene rings is 3. The Morgan fingerprint density at radius 2 is 1.79 bits per heavy atom. The fourth-order valence-corrected chi connectivity index (χ4v) is 5.57. The van der Waals surface area contributed by atoms with Crippen molar-refractivity contribution < 1.29 is 9.18 Å². The molecular formula is C27H26FN3OS. The number of amides is 1. The monoisotopic (exact) mass is 459 g/mol. The Hall–Kier alpha value is -2.96. The zero-order valence-corrected chi connectivity index (χ0v) is 19.5. The standard InChI is InChI=1S/C27H26FN3OS/c1-17-7-5-8-18(2)31(17)30-27(32)20-13-14-25-23(16-20)29-26(19-9-6-10-21(28)15-19)22-11-3-4-12-24(22)33-25/h3-4,6,9-18H,5,7-8H2,1-2H3,(H,30,32)/t17-,18+. The highest BCUT2D eigenvalue weighted by atomic mass is 32.2. The molecule has 0 aliphatic carbocycles. The first-order chi connectivity index (χ1) is 16.0. The number of hydrogen-bond acceptors (Lipinski definition) is 4. The molecule has 2 aliphatic heterocycles. The van der Waals surface area contributed by atoms with Crippen molar-refractivity contribution in [2.45, 2.75) is 55.0 Å². The molecule has 0 bridgehead atoms. The lowest BCUT2D eigenvalue weighted by Crippen LogP contribution is -2.54. The van der Waals surface area contributed by atoms with Crippen molar-refractivity contribution in [1.29, 1.82) is 0 Å². The van der Waals surface area contributed by atoms with E-state index in [0.29, 0.717) is 34.6 Å². The van der Waals surface area contributed by atoms with E-state index in [2.05, 4.69) is 24.3 Å². The third-order valence-corrected chi connectivity index (χ3v) is 7.48. The molecule has 0 unspecified atom stereocenters. The van der Waals surface area contributed by atoms with Crippen LogP contribution in [0.5, 0.6) is 0 Å². The minimum Gasteiger partial charge on any atom is -0.284 e. The number of halogens is 1. The number of nitrogens with zero attached hydrogens (tertiary/aromatic N) is 2. The molecule has 1 N–H and O–H groups in total. The summed E-state index contributed by atoms with van der Waals surface area (Å²) in [6.45, 7) is 4.30. The number of hydrogen-bond donors (Lipinski definition) is 1. The lowest BCUT2D eigenvalue weighted by atomic mass is 10.00. The summed E-state index contributed by atoms with van der Waals surface area (Å²) in [5.41, 5.74) is 6.75. The first-order valence-electron chi connectivity index (χ1n) is 11.3.